The van der Waals surface area contributed by atoms with E-state index < -0.39 is 17.7 Å². The van der Waals surface area contributed by atoms with Gasteiger partial charge in [0.05, 0.1) is 6.61 Å². The molecule has 142 valence electrons. The quantitative estimate of drug-likeness (QED) is 0.488. The van der Waals surface area contributed by atoms with Gasteiger partial charge in [0.25, 0.3) is 0 Å². The van der Waals surface area contributed by atoms with E-state index in [1.165, 1.54) is 6.92 Å². The summed E-state index contributed by atoms with van der Waals surface area (Å²) >= 11 is 0. The standard InChI is InChI=1S/C21H25N3O3/c1-4-15-7-6-8-17(13-15)24-21(26)19(14(3)22)20(25)23-16-9-11-18(12-10-16)27-5-2/h6-13,19,22H,4-5H2,1-3H3,(H,23,25)(H,24,26). The Bertz CT molecular complexity index is 816. The normalized spacial score (nSPS) is 11.4. The first-order valence-corrected chi connectivity index (χ1v) is 8.93. The highest BCUT2D eigenvalue weighted by Gasteiger charge is 2.29. The van der Waals surface area contributed by atoms with E-state index in [0.29, 0.717) is 23.7 Å². The van der Waals surface area contributed by atoms with Crippen LogP contribution in [0, 0.1) is 11.3 Å². The molecule has 0 heterocycles. The average molecular weight is 367 g/mol. The second-order valence-electron chi connectivity index (χ2n) is 6.11. The summed E-state index contributed by atoms with van der Waals surface area (Å²) in [4.78, 5) is 25.2. The minimum Gasteiger partial charge on any atom is -0.494 e. The second kappa shape index (κ2) is 9.52. The molecule has 6 nitrogen and oxygen atoms in total. The molecule has 0 saturated heterocycles. The van der Waals surface area contributed by atoms with Gasteiger partial charge in [-0.1, -0.05) is 19.1 Å². The maximum atomic E-state index is 12.6. The second-order valence-corrected chi connectivity index (χ2v) is 6.11. The fraction of sp³-hybridized carbons (Fsp3) is 0.286. The van der Waals surface area contributed by atoms with Gasteiger partial charge in [-0.25, -0.2) is 0 Å². The largest absolute Gasteiger partial charge is 0.494 e. The van der Waals surface area contributed by atoms with Gasteiger partial charge in [-0.3, -0.25) is 9.59 Å². The van der Waals surface area contributed by atoms with Crippen LogP contribution in [0.1, 0.15) is 26.3 Å². The van der Waals surface area contributed by atoms with Crippen LogP contribution in [-0.4, -0.2) is 24.1 Å². The Morgan fingerprint density at radius 2 is 1.63 bits per heavy atom. The smallest absolute Gasteiger partial charge is 0.242 e. The summed E-state index contributed by atoms with van der Waals surface area (Å²) < 4.78 is 5.36. The minimum atomic E-state index is -1.21. The Balaban J connectivity index is 2.09. The van der Waals surface area contributed by atoms with Crippen LogP contribution in [-0.2, 0) is 16.0 Å². The van der Waals surface area contributed by atoms with E-state index in [2.05, 4.69) is 10.6 Å². The van der Waals surface area contributed by atoms with Gasteiger partial charge < -0.3 is 20.8 Å². The van der Waals surface area contributed by atoms with Crippen molar-refractivity contribution >= 4 is 28.9 Å². The Hall–Kier alpha value is -3.15. The van der Waals surface area contributed by atoms with E-state index in [0.717, 1.165) is 12.0 Å². The number of hydrogen-bond donors (Lipinski definition) is 3. The Morgan fingerprint density at radius 1 is 1.00 bits per heavy atom. The van der Waals surface area contributed by atoms with Crippen molar-refractivity contribution < 1.29 is 14.3 Å². The zero-order chi connectivity index (χ0) is 19.8. The number of ether oxygens (including phenoxy) is 1. The number of nitrogens with one attached hydrogen (secondary N) is 3. The maximum absolute atomic E-state index is 12.6. The summed E-state index contributed by atoms with van der Waals surface area (Å²) in [7, 11) is 0. The molecule has 0 spiro atoms. The van der Waals surface area contributed by atoms with Crippen molar-refractivity contribution in [1.29, 1.82) is 5.41 Å². The molecule has 0 aliphatic heterocycles. The molecule has 2 rings (SSSR count). The number of anilines is 2. The first-order chi connectivity index (χ1) is 12.9. The Kier molecular flexibility index (Phi) is 7.11. The number of rotatable bonds is 8. The van der Waals surface area contributed by atoms with Crippen LogP contribution in [0.3, 0.4) is 0 Å². The molecule has 0 aliphatic rings. The zero-order valence-corrected chi connectivity index (χ0v) is 15.8. The lowest BCUT2D eigenvalue weighted by molar-refractivity contribution is -0.126. The highest BCUT2D eigenvalue weighted by molar-refractivity contribution is 6.24. The van der Waals surface area contributed by atoms with Crippen LogP contribution in [0.25, 0.3) is 0 Å². The van der Waals surface area contributed by atoms with Gasteiger partial charge in [0.15, 0.2) is 5.92 Å². The van der Waals surface area contributed by atoms with Crippen molar-refractivity contribution in [3.8, 4) is 5.75 Å². The molecule has 2 aromatic carbocycles. The van der Waals surface area contributed by atoms with Gasteiger partial charge in [-0.15, -0.1) is 0 Å². The minimum absolute atomic E-state index is 0.0254. The van der Waals surface area contributed by atoms with E-state index in [1.54, 1.807) is 30.3 Å². The maximum Gasteiger partial charge on any atom is 0.242 e. The third-order valence-electron chi connectivity index (χ3n) is 3.99. The number of benzene rings is 2. The fourth-order valence-corrected chi connectivity index (χ4v) is 2.61. The van der Waals surface area contributed by atoms with Gasteiger partial charge in [0, 0.05) is 17.1 Å². The molecule has 2 amide bonds. The summed E-state index contributed by atoms with van der Waals surface area (Å²) in [6.45, 7) is 5.92. The summed E-state index contributed by atoms with van der Waals surface area (Å²) in [6.07, 6.45) is 0.842. The van der Waals surface area contributed by atoms with Crippen molar-refractivity contribution in [1.82, 2.24) is 0 Å². The fourth-order valence-electron chi connectivity index (χ4n) is 2.61. The first-order valence-electron chi connectivity index (χ1n) is 8.93. The molecule has 0 saturated carbocycles. The van der Waals surface area contributed by atoms with Gasteiger partial charge in [-0.05, 0) is 62.2 Å². The zero-order valence-electron chi connectivity index (χ0n) is 15.8. The number of carbonyl (C=O) groups excluding carboxylic acids is 2. The molecule has 1 atom stereocenters. The van der Waals surface area contributed by atoms with Crippen molar-refractivity contribution in [2.45, 2.75) is 27.2 Å². The van der Waals surface area contributed by atoms with Crippen LogP contribution in [0.4, 0.5) is 11.4 Å². The average Bonchev–Trinajstić information content (AvgIpc) is 2.63. The molecule has 0 aromatic heterocycles. The molecule has 3 N–H and O–H groups in total. The molecule has 2 aromatic rings. The van der Waals surface area contributed by atoms with E-state index >= 15 is 0 Å². The van der Waals surface area contributed by atoms with E-state index in [4.69, 9.17) is 10.1 Å². The lowest BCUT2D eigenvalue weighted by Crippen LogP contribution is -2.38. The predicted molar refractivity (Wildman–Crippen MR) is 108 cm³/mol. The van der Waals surface area contributed by atoms with Crippen LogP contribution in [0.2, 0.25) is 0 Å². The SMILES string of the molecule is CCOc1ccc(NC(=O)C(C(C)=N)C(=O)Nc2cccc(CC)c2)cc1. The molecular formula is C21H25N3O3. The van der Waals surface area contributed by atoms with Crippen LogP contribution >= 0.6 is 0 Å². The highest BCUT2D eigenvalue weighted by atomic mass is 16.5. The lowest BCUT2D eigenvalue weighted by atomic mass is 10.0. The highest BCUT2D eigenvalue weighted by Crippen LogP contribution is 2.18. The monoisotopic (exact) mass is 367 g/mol. The summed E-state index contributed by atoms with van der Waals surface area (Å²) in [6, 6.07) is 14.3. The molecule has 27 heavy (non-hydrogen) atoms. The molecule has 0 bridgehead atoms. The molecule has 0 radical (unpaired) electrons. The van der Waals surface area contributed by atoms with E-state index in [-0.39, 0.29) is 5.71 Å². The van der Waals surface area contributed by atoms with Crippen LogP contribution in [0.15, 0.2) is 48.5 Å². The molecular weight excluding hydrogens is 342 g/mol. The van der Waals surface area contributed by atoms with Crippen LogP contribution in [0.5, 0.6) is 5.75 Å². The molecule has 1 unspecified atom stereocenters. The van der Waals surface area contributed by atoms with Crippen molar-refractivity contribution in [3.63, 3.8) is 0 Å². The number of aryl methyl sites for hydroxylation is 1. The number of amides is 2. The van der Waals surface area contributed by atoms with E-state index in [9.17, 15) is 9.59 Å². The topological polar surface area (TPSA) is 91.3 Å². The van der Waals surface area contributed by atoms with Crippen molar-refractivity contribution in [3.05, 3.63) is 54.1 Å². The molecule has 6 heteroatoms. The Morgan fingerprint density at radius 3 is 2.19 bits per heavy atom. The number of carbonyl (C=O) groups is 2. The summed E-state index contributed by atoms with van der Waals surface area (Å²) in [5.74, 6) is -1.58. The van der Waals surface area contributed by atoms with Gasteiger partial charge in [0.1, 0.15) is 5.75 Å². The summed E-state index contributed by atoms with van der Waals surface area (Å²) in [5.41, 5.74) is 2.20. The van der Waals surface area contributed by atoms with Crippen molar-refractivity contribution in [2.75, 3.05) is 17.2 Å². The predicted octanol–water partition coefficient (Wildman–Crippen LogP) is 3.88. The molecule has 0 fully saturated rings. The summed E-state index contributed by atoms with van der Waals surface area (Å²) in [5, 5.41) is 13.3. The Labute approximate surface area is 159 Å². The lowest BCUT2D eigenvalue weighted by Gasteiger charge is -2.16. The van der Waals surface area contributed by atoms with Gasteiger partial charge >= 0.3 is 0 Å². The van der Waals surface area contributed by atoms with Gasteiger partial charge in [-0.2, -0.15) is 0 Å². The number of hydrogen-bond acceptors (Lipinski definition) is 4. The van der Waals surface area contributed by atoms with Gasteiger partial charge in [0.2, 0.25) is 11.8 Å². The molecule has 0 aliphatic carbocycles. The third kappa shape index (κ3) is 5.67. The van der Waals surface area contributed by atoms with Crippen molar-refractivity contribution in [2.24, 2.45) is 5.92 Å². The van der Waals surface area contributed by atoms with Crippen LogP contribution < -0.4 is 15.4 Å². The third-order valence-corrected chi connectivity index (χ3v) is 3.99. The van der Waals surface area contributed by atoms with E-state index in [1.807, 2.05) is 32.0 Å². The first kappa shape index (κ1) is 20.2.